The lowest BCUT2D eigenvalue weighted by molar-refractivity contribution is -0.132. The lowest BCUT2D eigenvalue weighted by Crippen LogP contribution is -1.85. The summed E-state index contributed by atoms with van der Waals surface area (Å²) >= 11 is 0. The molecule has 0 aromatic rings. The van der Waals surface area contributed by atoms with E-state index in [2.05, 4.69) is 13.8 Å². The molecule has 0 aliphatic heterocycles. The highest BCUT2D eigenvalue weighted by molar-refractivity contribution is 5.79. The molecule has 0 atom stereocenters. The Morgan fingerprint density at radius 1 is 0.577 bits per heavy atom. The third-order valence-corrected chi connectivity index (χ3v) is 3.97. The van der Waals surface area contributed by atoms with Crippen molar-refractivity contribution in [2.45, 2.75) is 104 Å². The Balaban J connectivity index is 0. The maximum atomic E-state index is 10.1. The molecule has 26 heavy (non-hydrogen) atoms. The van der Waals surface area contributed by atoms with E-state index >= 15 is 0 Å². The van der Waals surface area contributed by atoms with Gasteiger partial charge >= 0.3 is 11.9 Å². The van der Waals surface area contributed by atoms with Crippen molar-refractivity contribution in [1.82, 2.24) is 0 Å². The van der Waals surface area contributed by atoms with Crippen LogP contribution in [0.3, 0.4) is 0 Å². The summed E-state index contributed by atoms with van der Waals surface area (Å²) in [5.74, 6) is -1.68. The normalized spacial score (nSPS) is 10.8. The third kappa shape index (κ3) is 30.3. The molecule has 0 fully saturated rings. The maximum absolute atomic E-state index is 10.1. The van der Waals surface area contributed by atoms with Crippen LogP contribution in [0.1, 0.15) is 104 Å². The molecule has 0 amide bonds. The molecule has 0 unspecified atom stereocenters. The van der Waals surface area contributed by atoms with Crippen LogP contribution in [0.15, 0.2) is 24.3 Å². The molecular weight excluding hydrogens is 328 g/mol. The predicted octanol–water partition coefficient (Wildman–Crippen LogP) is 6.76. The fourth-order valence-electron chi connectivity index (χ4n) is 2.45. The highest BCUT2D eigenvalue weighted by Gasteiger charge is 1.90. The minimum atomic E-state index is -0.842. The first-order valence-corrected chi connectivity index (χ1v) is 10.3. The summed E-state index contributed by atoms with van der Waals surface area (Å²) in [6.07, 6.45) is 22.8. The Labute approximate surface area is 160 Å². The van der Waals surface area contributed by atoms with Crippen molar-refractivity contribution in [3.05, 3.63) is 24.3 Å². The van der Waals surface area contributed by atoms with Crippen molar-refractivity contribution in [3.8, 4) is 0 Å². The van der Waals surface area contributed by atoms with Crippen LogP contribution in [0.4, 0.5) is 0 Å². The van der Waals surface area contributed by atoms with Gasteiger partial charge in [-0.2, -0.15) is 0 Å². The number of carboxylic acid groups (broad SMARTS) is 2. The molecule has 0 aromatic carbocycles. The number of unbranched alkanes of at least 4 members (excludes halogenated alkanes) is 12. The van der Waals surface area contributed by atoms with Gasteiger partial charge in [-0.25, -0.2) is 9.59 Å². The summed E-state index contributed by atoms with van der Waals surface area (Å²) in [5, 5.41) is 16.6. The van der Waals surface area contributed by atoms with E-state index in [9.17, 15) is 9.59 Å². The molecule has 0 rings (SSSR count). The zero-order valence-electron chi connectivity index (χ0n) is 16.9. The van der Waals surface area contributed by atoms with Gasteiger partial charge in [-0.15, -0.1) is 0 Å². The predicted molar refractivity (Wildman–Crippen MR) is 110 cm³/mol. The fraction of sp³-hybridized carbons (Fsp3) is 0.727. The minimum absolute atomic E-state index is 0.842. The standard InChI is InChI=1S/2C11H20O2/c2*1-2-3-4-5-6-7-8-9-10-11(12)13/h2*9-10H,2-8H2,1H3,(H,12,13)/b2*10-9+. The van der Waals surface area contributed by atoms with Gasteiger partial charge < -0.3 is 10.2 Å². The van der Waals surface area contributed by atoms with Gasteiger partial charge in [0.2, 0.25) is 0 Å². The number of allylic oxidation sites excluding steroid dienone is 2. The first-order valence-electron chi connectivity index (χ1n) is 10.3. The van der Waals surface area contributed by atoms with Crippen molar-refractivity contribution in [3.63, 3.8) is 0 Å². The van der Waals surface area contributed by atoms with Crippen molar-refractivity contribution in [1.29, 1.82) is 0 Å². The van der Waals surface area contributed by atoms with Crippen molar-refractivity contribution < 1.29 is 19.8 Å². The second kappa shape index (κ2) is 23.4. The molecule has 0 bridgehead atoms. The lowest BCUT2D eigenvalue weighted by Gasteiger charge is -1.96. The van der Waals surface area contributed by atoms with E-state index in [1.807, 2.05) is 0 Å². The first-order chi connectivity index (χ1) is 12.5. The molecule has 0 aromatic heterocycles. The molecule has 0 heterocycles. The summed E-state index contributed by atoms with van der Waals surface area (Å²) in [5.41, 5.74) is 0. The molecule has 4 nitrogen and oxygen atoms in total. The summed E-state index contributed by atoms with van der Waals surface area (Å²) in [7, 11) is 0. The van der Waals surface area contributed by atoms with E-state index in [1.54, 1.807) is 12.2 Å². The zero-order chi connectivity index (χ0) is 19.9. The van der Waals surface area contributed by atoms with Crippen LogP contribution in [0.25, 0.3) is 0 Å². The van der Waals surface area contributed by atoms with Crippen molar-refractivity contribution in [2.75, 3.05) is 0 Å². The third-order valence-electron chi connectivity index (χ3n) is 3.97. The Kier molecular flexibility index (Phi) is 24.0. The van der Waals surface area contributed by atoms with E-state index in [-0.39, 0.29) is 0 Å². The molecule has 0 saturated heterocycles. The average molecular weight is 369 g/mol. The van der Waals surface area contributed by atoms with Crippen LogP contribution < -0.4 is 0 Å². The van der Waals surface area contributed by atoms with Crippen LogP contribution in [-0.4, -0.2) is 22.2 Å². The Hall–Kier alpha value is -1.58. The van der Waals surface area contributed by atoms with Gasteiger partial charge in [0.15, 0.2) is 0 Å². The van der Waals surface area contributed by atoms with Crippen LogP contribution in [0.2, 0.25) is 0 Å². The SMILES string of the molecule is CCCCCCCC/C=C/C(=O)O.CCCCCCCC/C=C/C(=O)O. The van der Waals surface area contributed by atoms with Crippen molar-refractivity contribution >= 4 is 11.9 Å². The van der Waals surface area contributed by atoms with Crippen LogP contribution in [0.5, 0.6) is 0 Å². The molecule has 0 aliphatic carbocycles. The molecule has 2 N–H and O–H groups in total. The summed E-state index contributed by atoms with van der Waals surface area (Å²) in [6, 6.07) is 0. The van der Waals surface area contributed by atoms with Gasteiger partial charge in [-0.1, -0.05) is 90.2 Å². The van der Waals surface area contributed by atoms with Crippen LogP contribution in [-0.2, 0) is 9.59 Å². The molecule has 0 aliphatic rings. The molecular formula is C22H40O4. The lowest BCUT2D eigenvalue weighted by atomic mass is 10.1. The van der Waals surface area contributed by atoms with E-state index < -0.39 is 11.9 Å². The minimum Gasteiger partial charge on any atom is -0.478 e. The van der Waals surface area contributed by atoms with Crippen LogP contribution in [0, 0.1) is 0 Å². The second-order valence-electron chi connectivity index (χ2n) is 6.59. The highest BCUT2D eigenvalue weighted by atomic mass is 16.4. The van der Waals surface area contributed by atoms with E-state index in [4.69, 9.17) is 10.2 Å². The van der Waals surface area contributed by atoms with Gasteiger partial charge in [0.25, 0.3) is 0 Å². The topological polar surface area (TPSA) is 74.6 Å². The molecule has 4 heteroatoms. The number of rotatable bonds is 16. The Morgan fingerprint density at radius 3 is 1.19 bits per heavy atom. The number of aliphatic carboxylic acids is 2. The summed E-state index contributed by atoms with van der Waals surface area (Å²) in [4.78, 5) is 20.2. The van der Waals surface area contributed by atoms with Gasteiger partial charge in [0, 0.05) is 12.2 Å². The number of hydrogen-bond donors (Lipinski definition) is 2. The van der Waals surface area contributed by atoms with Gasteiger partial charge in [-0.05, 0) is 25.7 Å². The first kappa shape index (κ1) is 26.6. The van der Waals surface area contributed by atoms with Gasteiger partial charge in [0.1, 0.15) is 0 Å². The van der Waals surface area contributed by atoms with Gasteiger partial charge in [-0.3, -0.25) is 0 Å². The van der Waals surface area contributed by atoms with Crippen molar-refractivity contribution in [2.24, 2.45) is 0 Å². The monoisotopic (exact) mass is 368 g/mol. The van der Waals surface area contributed by atoms with E-state index in [0.717, 1.165) is 25.7 Å². The number of carbonyl (C=O) groups is 2. The van der Waals surface area contributed by atoms with Gasteiger partial charge in [0.05, 0.1) is 0 Å². The fourth-order valence-corrected chi connectivity index (χ4v) is 2.45. The second-order valence-corrected chi connectivity index (χ2v) is 6.59. The average Bonchev–Trinajstić information content (AvgIpc) is 2.60. The summed E-state index contributed by atoms with van der Waals surface area (Å²) < 4.78 is 0. The molecule has 152 valence electrons. The van der Waals surface area contributed by atoms with E-state index in [0.29, 0.717) is 0 Å². The van der Waals surface area contributed by atoms with E-state index in [1.165, 1.54) is 76.4 Å². The maximum Gasteiger partial charge on any atom is 0.327 e. The van der Waals surface area contributed by atoms with Crippen LogP contribution >= 0.6 is 0 Å². The smallest absolute Gasteiger partial charge is 0.327 e. The molecule has 0 spiro atoms. The molecule has 0 radical (unpaired) electrons. The number of hydrogen-bond acceptors (Lipinski definition) is 2. The largest absolute Gasteiger partial charge is 0.478 e. The zero-order valence-corrected chi connectivity index (χ0v) is 16.9. The molecule has 0 saturated carbocycles. The Bertz CT molecular complexity index is 336. The number of carboxylic acids is 2. The summed E-state index contributed by atoms with van der Waals surface area (Å²) in [6.45, 7) is 4.41. The Morgan fingerprint density at radius 2 is 0.885 bits per heavy atom. The highest BCUT2D eigenvalue weighted by Crippen LogP contribution is 2.07. The quantitative estimate of drug-likeness (QED) is 0.233.